The summed E-state index contributed by atoms with van der Waals surface area (Å²) in [5.74, 6) is 0.627. The summed E-state index contributed by atoms with van der Waals surface area (Å²) in [6.07, 6.45) is 7.05. The van der Waals surface area contributed by atoms with Gasteiger partial charge >= 0.3 is 0 Å². The molecule has 3 aromatic rings. The Morgan fingerprint density at radius 1 is 1.10 bits per heavy atom. The van der Waals surface area contributed by atoms with Crippen molar-refractivity contribution in [3.8, 4) is 0 Å². The summed E-state index contributed by atoms with van der Waals surface area (Å²) >= 11 is 0. The molecule has 2 heterocycles. The fourth-order valence-corrected chi connectivity index (χ4v) is 1.65. The van der Waals surface area contributed by atoms with Crippen molar-refractivity contribution in [3.05, 3.63) is 60.4 Å². The average Bonchev–Trinajstić information content (AvgIpc) is 2.95. The van der Waals surface area contributed by atoms with E-state index in [1.807, 2.05) is 48.6 Å². The van der Waals surface area contributed by atoms with E-state index in [0.29, 0.717) is 11.5 Å². The maximum atomic E-state index is 4.23. The predicted octanol–water partition coefficient (Wildman–Crippen LogP) is 2.24. The van der Waals surface area contributed by atoms with Gasteiger partial charge in [-0.05, 0) is 23.8 Å². The molecular formula is C14H12N6. The van der Waals surface area contributed by atoms with E-state index in [0.717, 1.165) is 5.56 Å². The molecule has 0 radical (unpaired) electrons. The van der Waals surface area contributed by atoms with Crippen LogP contribution in [-0.2, 0) is 0 Å². The van der Waals surface area contributed by atoms with Gasteiger partial charge in [-0.1, -0.05) is 36.4 Å². The van der Waals surface area contributed by atoms with Crippen molar-refractivity contribution < 1.29 is 0 Å². The van der Waals surface area contributed by atoms with Gasteiger partial charge in [-0.3, -0.25) is 5.43 Å². The van der Waals surface area contributed by atoms with Gasteiger partial charge in [0, 0.05) is 6.21 Å². The summed E-state index contributed by atoms with van der Waals surface area (Å²) in [6, 6.07) is 13.6. The molecule has 2 aromatic heterocycles. The minimum absolute atomic E-state index is 0.627. The number of rotatable bonds is 4. The highest BCUT2D eigenvalue weighted by Crippen LogP contribution is 2.04. The molecule has 0 amide bonds. The van der Waals surface area contributed by atoms with Crippen LogP contribution >= 0.6 is 0 Å². The van der Waals surface area contributed by atoms with Gasteiger partial charge in [-0.2, -0.15) is 9.62 Å². The molecular weight excluding hydrogens is 252 g/mol. The number of hydrazone groups is 1. The highest BCUT2D eigenvalue weighted by molar-refractivity contribution is 5.78. The van der Waals surface area contributed by atoms with Crippen LogP contribution in [0.3, 0.4) is 0 Å². The molecule has 0 aliphatic rings. The van der Waals surface area contributed by atoms with Crippen LogP contribution in [0.5, 0.6) is 0 Å². The summed E-state index contributed by atoms with van der Waals surface area (Å²) in [5.41, 5.74) is 4.67. The van der Waals surface area contributed by atoms with Crippen molar-refractivity contribution in [2.24, 2.45) is 5.10 Å². The van der Waals surface area contributed by atoms with E-state index in [1.165, 1.54) is 0 Å². The monoisotopic (exact) mass is 264 g/mol. The first kappa shape index (κ1) is 12.0. The average molecular weight is 264 g/mol. The van der Waals surface area contributed by atoms with Crippen LogP contribution in [0, 0.1) is 0 Å². The maximum Gasteiger partial charge on any atom is 0.177 e. The Bertz CT molecular complexity index is 744. The first-order chi connectivity index (χ1) is 9.92. The lowest BCUT2D eigenvalue weighted by molar-refractivity contribution is 0.925. The first-order valence-corrected chi connectivity index (χ1v) is 6.10. The largest absolute Gasteiger partial charge is 0.260 e. The third-order valence-electron chi connectivity index (χ3n) is 2.59. The Kier molecular flexibility index (Phi) is 3.46. The molecule has 0 aliphatic carbocycles. The second-order valence-electron chi connectivity index (χ2n) is 4.01. The number of allylic oxidation sites excluding steroid dienone is 1. The van der Waals surface area contributed by atoms with E-state index >= 15 is 0 Å². The lowest BCUT2D eigenvalue weighted by Crippen LogP contribution is -1.97. The molecule has 0 saturated heterocycles. The Morgan fingerprint density at radius 2 is 2.00 bits per heavy atom. The molecule has 20 heavy (non-hydrogen) atoms. The number of hydrogen-bond donors (Lipinski definition) is 1. The van der Waals surface area contributed by atoms with Crippen LogP contribution in [-0.4, -0.2) is 26.0 Å². The highest BCUT2D eigenvalue weighted by atomic mass is 15.4. The van der Waals surface area contributed by atoms with Crippen LogP contribution in [0.1, 0.15) is 5.56 Å². The number of nitrogens with one attached hydrogen (secondary N) is 1. The molecule has 1 N–H and O–H groups in total. The maximum absolute atomic E-state index is 4.23. The van der Waals surface area contributed by atoms with Crippen LogP contribution in [0.2, 0.25) is 0 Å². The summed E-state index contributed by atoms with van der Waals surface area (Å²) in [4.78, 5) is 0. The van der Waals surface area contributed by atoms with Gasteiger partial charge in [0.05, 0.1) is 0 Å². The lowest BCUT2D eigenvalue weighted by Gasteiger charge is -1.97. The van der Waals surface area contributed by atoms with Crippen LogP contribution in [0.15, 0.2) is 60.0 Å². The third kappa shape index (κ3) is 2.86. The van der Waals surface area contributed by atoms with E-state index in [-0.39, 0.29) is 0 Å². The number of nitrogens with zero attached hydrogens (tertiary/aromatic N) is 5. The van der Waals surface area contributed by atoms with E-state index < -0.39 is 0 Å². The Morgan fingerprint density at radius 3 is 2.90 bits per heavy atom. The van der Waals surface area contributed by atoms with E-state index in [1.54, 1.807) is 23.1 Å². The van der Waals surface area contributed by atoms with Gasteiger partial charge in [0.25, 0.3) is 0 Å². The van der Waals surface area contributed by atoms with Gasteiger partial charge in [0.1, 0.15) is 6.33 Å². The van der Waals surface area contributed by atoms with E-state index in [4.69, 9.17) is 0 Å². The zero-order chi connectivity index (χ0) is 13.6. The Hall–Kier alpha value is -3.02. The summed E-state index contributed by atoms with van der Waals surface area (Å²) in [7, 11) is 0. The van der Waals surface area contributed by atoms with E-state index in [9.17, 15) is 0 Å². The Labute approximate surface area is 115 Å². The highest BCUT2D eigenvalue weighted by Gasteiger charge is 1.96. The first-order valence-electron chi connectivity index (χ1n) is 6.10. The standard InChI is InChI=1S/C14H12N6/c1-2-5-12(6-3-1)7-4-10-15-17-13-8-9-14-18-16-11-20(14)19-13/h1-11H,(H,17,19)/b7-4+,15-10+. The van der Waals surface area contributed by atoms with Crippen LogP contribution in [0.4, 0.5) is 5.82 Å². The SMILES string of the molecule is C(=C\c1ccccc1)/C=N/Nc1ccc2nncn2n1. The molecule has 6 nitrogen and oxygen atoms in total. The van der Waals surface area contributed by atoms with Crippen molar-refractivity contribution in [2.75, 3.05) is 5.43 Å². The fraction of sp³-hybridized carbons (Fsp3) is 0. The minimum atomic E-state index is 0.627. The van der Waals surface area contributed by atoms with E-state index in [2.05, 4.69) is 25.8 Å². The van der Waals surface area contributed by atoms with Gasteiger partial charge in [-0.15, -0.1) is 15.3 Å². The minimum Gasteiger partial charge on any atom is -0.260 e. The summed E-state index contributed by atoms with van der Waals surface area (Å²) in [6.45, 7) is 0. The number of fused-ring (bicyclic) bond motifs is 1. The molecule has 0 unspecified atom stereocenters. The molecule has 0 bridgehead atoms. The molecule has 0 fully saturated rings. The summed E-state index contributed by atoms with van der Waals surface area (Å²) < 4.78 is 1.58. The lowest BCUT2D eigenvalue weighted by atomic mass is 10.2. The molecule has 1 aromatic carbocycles. The van der Waals surface area contributed by atoms with Crippen molar-refractivity contribution in [1.82, 2.24) is 19.8 Å². The fourth-order valence-electron chi connectivity index (χ4n) is 1.65. The second kappa shape index (κ2) is 5.75. The summed E-state index contributed by atoms with van der Waals surface area (Å²) in [5, 5.41) is 15.9. The van der Waals surface area contributed by atoms with Crippen molar-refractivity contribution in [1.29, 1.82) is 0 Å². The van der Waals surface area contributed by atoms with Crippen LogP contribution < -0.4 is 5.43 Å². The van der Waals surface area contributed by atoms with Gasteiger partial charge in [0.15, 0.2) is 11.5 Å². The quantitative estimate of drug-likeness (QED) is 0.579. The zero-order valence-electron chi connectivity index (χ0n) is 10.6. The normalized spacial score (nSPS) is 11.6. The van der Waals surface area contributed by atoms with Gasteiger partial charge in [0.2, 0.25) is 0 Å². The van der Waals surface area contributed by atoms with Crippen molar-refractivity contribution >= 4 is 23.8 Å². The third-order valence-corrected chi connectivity index (χ3v) is 2.59. The van der Waals surface area contributed by atoms with Crippen molar-refractivity contribution in [2.45, 2.75) is 0 Å². The van der Waals surface area contributed by atoms with Gasteiger partial charge in [-0.25, -0.2) is 0 Å². The Balaban J connectivity index is 1.61. The van der Waals surface area contributed by atoms with Crippen molar-refractivity contribution in [3.63, 3.8) is 0 Å². The number of anilines is 1. The second-order valence-corrected chi connectivity index (χ2v) is 4.01. The molecule has 6 heteroatoms. The zero-order valence-corrected chi connectivity index (χ0v) is 10.6. The number of benzene rings is 1. The topological polar surface area (TPSA) is 67.5 Å². The predicted molar refractivity (Wildman–Crippen MR) is 78.4 cm³/mol. The van der Waals surface area contributed by atoms with Crippen LogP contribution in [0.25, 0.3) is 11.7 Å². The molecule has 3 rings (SSSR count). The molecule has 0 aliphatic heterocycles. The number of aromatic nitrogens is 4. The molecule has 98 valence electrons. The molecule has 0 atom stereocenters. The molecule has 0 saturated carbocycles. The number of hydrogen-bond acceptors (Lipinski definition) is 5. The van der Waals surface area contributed by atoms with Gasteiger partial charge < -0.3 is 0 Å². The smallest absolute Gasteiger partial charge is 0.177 e. The molecule has 0 spiro atoms.